The van der Waals surface area contributed by atoms with E-state index >= 15 is 0 Å². The van der Waals surface area contributed by atoms with E-state index in [1.54, 1.807) is 0 Å². The topological polar surface area (TPSA) is 57.5 Å². The predicted octanol–water partition coefficient (Wildman–Crippen LogP) is 1.68. The van der Waals surface area contributed by atoms with Gasteiger partial charge in [-0.3, -0.25) is 4.79 Å². The van der Waals surface area contributed by atoms with Crippen molar-refractivity contribution >= 4 is 5.78 Å². The lowest BCUT2D eigenvalue weighted by Crippen LogP contribution is -2.25. The van der Waals surface area contributed by atoms with Gasteiger partial charge in [-0.2, -0.15) is 0 Å². The number of aliphatic hydroxyl groups is 2. The molecule has 2 aliphatic rings. The average molecular weight is 238 g/mol. The van der Waals surface area contributed by atoms with E-state index in [9.17, 15) is 15.0 Å². The average Bonchev–Trinajstić information content (AvgIpc) is 2.50. The largest absolute Gasteiger partial charge is 0.392 e. The van der Waals surface area contributed by atoms with Gasteiger partial charge in [0.2, 0.25) is 0 Å². The van der Waals surface area contributed by atoms with Crippen LogP contribution in [-0.4, -0.2) is 28.7 Å². The Labute approximate surface area is 103 Å². The van der Waals surface area contributed by atoms with Crippen LogP contribution in [0.2, 0.25) is 0 Å². The summed E-state index contributed by atoms with van der Waals surface area (Å²) in [5.41, 5.74) is 1.85. The van der Waals surface area contributed by atoms with Gasteiger partial charge in [-0.25, -0.2) is 0 Å². The molecule has 0 heterocycles. The van der Waals surface area contributed by atoms with Crippen molar-refractivity contribution in [3.8, 4) is 0 Å². The van der Waals surface area contributed by atoms with Gasteiger partial charge in [-0.15, -0.1) is 0 Å². The lowest BCUT2D eigenvalue weighted by atomic mass is 9.83. The number of Topliss-reactive ketones (excluding diaryl/α,β-unsaturated/α-hetero) is 1. The summed E-state index contributed by atoms with van der Waals surface area (Å²) in [5, 5.41) is 19.4. The quantitative estimate of drug-likeness (QED) is 0.730. The summed E-state index contributed by atoms with van der Waals surface area (Å²) in [4.78, 5) is 12.0. The maximum Gasteiger partial charge on any atom is 0.163 e. The number of aliphatic hydroxyl groups excluding tert-OH is 2. The van der Waals surface area contributed by atoms with E-state index in [-0.39, 0.29) is 36.1 Å². The van der Waals surface area contributed by atoms with E-state index in [2.05, 4.69) is 13.8 Å². The molecule has 1 saturated carbocycles. The molecule has 0 aromatic rings. The summed E-state index contributed by atoms with van der Waals surface area (Å²) in [6, 6.07) is 0. The summed E-state index contributed by atoms with van der Waals surface area (Å²) >= 11 is 0. The Kier molecular flexibility index (Phi) is 3.17. The highest BCUT2D eigenvalue weighted by molar-refractivity contribution is 5.97. The lowest BCUT2D eigenvalue weighted by Gasteiger charge is -2.24. The van der Waals surface area contributed by atoms with Crippen molar-refractivity contribution < 1.29 is 15.0 Å². The van der Waals surface area contributed by atoms with Crippen LogP contribution in [0.3, 0.4) is 0 Å². The number of hydrogen-bond donors (Lipinski definition) is 2. The highest BCUT2D eigenvalue weighted by Gasteiger charge is 2.44. The van der Waals surface area contributed by atoms with Crippen LogP contribution in [0.25, 0.3) is 0 Å². The lowest BCUT2D eigenvalue weighted by molar-refractivity contribution is -0.118. The smallest absolute Gasteiger partial charge is 0.163 e. The third-order valence-corrected chi connectivity index (χ3v) is 4.41. The highest BCUT2D eigenvalue weighted by Crippen LogP contribution is 2.51. The van der Waals surface area contributed by atoms with Crippen LogP contribution in [0, 0.1) is 17.3 Å². The molecule has 3 nitrogen and oxygen atoms in total. The Bertz CT molecular complexity index is 368. The number of rotatable bonds is 1. The summed E-state index contributed by atoms with van der Waals surface area (Å²) in [6.07, 6.45) is 1.46. The van der Waals surface area contributed by atoms with Crippen LogP contribution in [-0.2, 0) is 4.79 Å². The predicted molar refractivity (Wildman–Crippen MR) is 65.4 cm³/mol. The molecule has 0 aromatic heterocycles. The molecule has 3 unspecified atom stereocenters. The van der Waals surface area contributed by atoms with Gasteiger partial charge >= 0.3 is 0 Å². The molecule has 3 heteroatoms. The van der Waals surface area contributed by atoms with Crippen molar-refractivity contribution in [3.63, 3.8) is 0 Å². The summed E-state index contributed by atoms with van der Waals surface area (Å²) in [5.74, 6) is 0.301. The fourth-order valence-corrected chi connectivity index (χ4v) is 3.41. The zero-order chi connectivity index (χ0) is 12.8. The van der Waals surface area contributed by atoms with Gasteiger partial charge in [0.1, 0.15) is 0 Å². The Morgan fingerprint density at radius 1 is 1.41 bits per heavy atom. The summed E-state index contributed by atoms with van der Waals surface area (Å²) in [6.45, 7) is 6.21. The van der Waals surface area contributed by atoms with Crippen molar-refractivity contribution in [2.75, 3.05) is 6.61 Å². The van der Waals surface area contributed by atoms with Crippen molar-refractivity contribution in [1.82, 2.24) is 0 Å². The van der Waals surface area contributed by atoms with E-state index < -0.39 is 6.10 Å². The van der Waals surface area contributed by atoms with Crippen molar-refractivity contribution in [3.05, 3.63) is 11.1 Å². The summed E-state index contributed by atoms with van der Waals surface area (Å²) < 4.78 is 0. The molecule has 1 fully saturated rings. The van der Waals surface area contributed by atoms with E-state index in [0.29, 0.717) is 5.57 Å². The van der Waals surface area contributed by atoms with Crippen LogP contribution < -0.4 is 0 Å². The molecular formula is C14H22O3. The van der Waals surface area contributed by atoms with Gasteiger partial charge in [0.25, 0.3) is 0 Å². The molecular weight excluding hydrogens is 216 g/mol. The third kappa shape index (κ3) is 2.18. The van der Waals surface area contributed by atoms with Crippen LogP contribution in [0.15, 0.2) is 11.1 Å². The molecule has 96 valence electrons. The van der Waals surface area contributed by atoms with E-state index in [1.165, 1.54) is 0 Å². The first-order valence-electron chi connectivity index (χ1n) is 6.40. The normalized spacial score (nSPS) is 37.0. The Morgan fingerprint density at radius 2 is 2.06 bits per heavy atom. The maximum atomic E-state index is 12.0. The van der Waals surface area contributed by atoms with Gasteiger partial charge in [-0.05, 0) is 30.1 Å². The minimum absolute atomic E-state index is 0.0675. The van der Waals surface area contributed by atoms with E-state index in [0.717, 1.165) is 18.4 Å². The van der Waals surface area contributed by atoms with Crippen LogP contribution in [0.5, 0.6) is 0 Å². The SMILES string of the molecule is CC1C(O)CC(=O)C(CO)=C2CC(C)(C)CC21. The number of allylic oxidation sites excluding steroid dienone is 1. The first-order valence-corrected chi connectivity index (χ1v) is 6.40. The zero-order valence-corrected chi connectivity index (χ0v) is 10.9. The van der Waals surface area contributed by atoms with Crippen molar-refractivity contribution in [1.29, 1.82) is 0 Å². The molecule has 0 aliphatic heterocycles. The second kappa shape index (κ2) is 4.21. The third-order valence-electron chi connectivity index (χ3n) is 4.41. The Morgan fingerprint density at radius 3 is 2.65 bits per heavy atom. The van der Waals surface area contributed by atoms with Crippen LogP contribution >= 0.6 is 0 Å². The Hall–Kier alpha value is -0.670. The second-order valence-electron chi connectivity index (χ2n) is 6.37. The fraction of sp³-hybridized carbons (Fsp3) is 0.786. The highest BCUT2D eigenvalue weighted by atomic mass is 16.3. The number of carbonyl (C=O) groups excluding carboxylic acids is 1. The first kappa shape index (κ1) is 12.8. The fourth-order valence-electron chi connectivity index (χ4n) is 3.41. The summed E-state index contributed by atoms with van der Waals surface area (Å²) in [7, 11) is 0. The molecule has 17 heavy (non-hydrogen) atoms. The second-order valence-corrected chi connectivity index (χ2v) is 6.37. The minimum atomic E-state index is -0.569. The van der Waals surface area contributed by atoms with Gasteiger partial charge in [0, 0.05) is 12.0 Å². The van der Waals surface area contributed by atoms with Crippen LogP contribution in [0.4, 0.5) is 0 Å². The molecule has 2 aliphatic carbocycles. The van der Waals surface area contributed by atoms with Crippen molar-refractivity contribution in [2.45, 2.75) is 46.1 Å². The maximum absolute atomic E-state index is 12.0. The standard InChI is InChI=1S/C14H22O3/c1-8-9-5-14(2,3)6-10(9)11(7-15)13(17)4-12(8)16/h8-9,12,15-16H,4-7H2,1-3H3. The molecule has 0 radical (unpaired) electrons. The molecule has 0 amide bonds. The van der Waals surface area contributed by atoms with Crippen LogP contribution in [0.1, 0.15) is 40.0 Å². The van der Waals surface area contributed by atoms with Gasteiger partial charge in [-0.1, -0.05) is 26.3 Å². The van der Waals surface area contributed by atoms with Gasteiger partial charge < -0.3 is 10.2 Å². The molecule has 2 N–H and O–H groups in total. The molecule has 0 spiro atoms. The van der Waals surface area contributed by atoms with Gasteiger partial charge in [0.15, 0.2) is 5.78 Å². The molecule has 2 rings (SSSR count). The number of ketones is 1. The Balaban J connectivity index is 2.46. The monoisotopic (exact) mass is 238 g/mol. The molecule has 0 aromatic carbocycles. The van der Waals surface area contributed by atoms with E-state index in [1.807, 2.05) is 6.92 Å². The molecule has 0 saturated heterocycles. The number of fused-ring (bicyclic) bond motifs is 1. The zero-order valence-electron chi connectivity index (χ0n) is 10.9. The van der Waals surface area contributed by atoms with E-state index in [4.69, 9.17) is 0 Å². The van der Waals surface area contributed by atoms with Gasteiger partial charge in [0.05, 0.1) is 12.7 Å². The number of carbonyl (C=O) groups is 1. The first-order chi connectivity index (χ1) is 7.85. The molecule has 3 atom stereocenters. The van der Waals surface area contributed by atoms with Crippen molar-refractivity contribution in [2.24, 2.45) is 17.3 Å². The number of hydrogen-bond acceptors (Lipinski definition) is 3. The molecule has 0 bridgehead atoms. The minimum Gasteiger partial charge on any atom is -0.392 e.